The summed E-state index contributed by atoms with van der Waals surface area (Å²) in [6, 6.07) is 9.81. The van der Waals surface area contributed by atoms with Crippen LogP contribution in [0.2, 0.25) is 10.0 Å². The van der Waals surface area contributed by atoms with Crippen LogP contribution in [0.1, 0.15) is 27.3 Å². The quantitative estimate of drug-likeness (QED) is 0.282. The average Bonchev–Trinajstić information content (AvgIpc) is 3.04. The van der Waals surface area contributed by atoms with Crippen molar-refractivity contribution in [1.29, 1.82) is 0 Å². The minimum absolute atomic E-state index is 0.00287. The van der Waals surface area contributed by atoms with Crippen LogP contribution in [0.15, 0.2) is 47.5 Å². The van der Waals surface area contributed by atoms with Crippen LogP contribution in [0.25, 0.3) is 0 Å². The summed E-state index contributed by atoms with van der Waals surface area (Å²) < 4.78 is 52.9. The van der Waals surface area contributed by atoms with Gasteiger partial charge >= 0.3 is 6.18 Å². The van der Waals surface area contributed by atoms with Crippen LogP contribution < -0.4 is 5.32 Å². The third-order valence-electron chi connectivity index (χ3n) is 4.24. The van der Waals surface area contributed by atoms with Gasteiger partial charge in [-0.15, -0.1) is 0 Å². The molecule has 0 unspecified atom stereocenters. The number of hydrogen-bond donors (Lipinski definition) is 2. The van der Waals surface area contributed by atoms with Crippen LogP contribution in [0.5, 0.6) is 0 Å². The Hall–Kier alpha value is -2.91. The normalized spacial score (nSPS) is 12.2. The van der Waals surface area contributed by atoms with Crippen molar-refractivity contribution in [3.05, 3.63) is 80.8 Å². The van der Waals surface area contributed by atoms with E-state index >= 15 is 0 Å². The molecule has 0 saturated heterocycles. The van der Waals surface area contributed by atoms with E-state index in [0.29, 0.717) is 10.7 Å². The monoisotopic (exact) mass is 472 g/mol. The van der Waals surface area contributed by atoms with Gasteiger partial charge in [0.1, 0.15) is 11.7 Å². The van der Waals surface area contributed by atoms with Gasteiger partial charge in [0.05, 0.1) is 10.7 Å². The first-order valence-electron chi connectivity index (χ1n) is 8.75. The van der Waals surface area contributed by atoms with Crippen molar-refractivity contribution in [2.24, 2.45) is 4.99 Å². The standard InChI is InChI=1S/C20H14Cl2F4N4O/c1-10-16(29-30-18(10)20(24,25)26)9-17(27-13-4-2-3-12(21)8-13)28-19(31)11-5-6-14(22)15(23)7-11/h2-8H,9H2,1H3,(H,29,30)(H,27,28,31). The molecular weight excluding hydrogens is 459 g/mol. The number of aromatic amines is 1. The van der Waals surface area contributed by atoms with Gasteiger partial charge in [0.2, 0.25) is 0 Å². The Morgan fingerprint density at radius 2 is 1.94 bits per heavy atom. The first-order chi connectivity index (χ1) is 14.5. The highest BCUT2D eigenvalue weighted by Crippen LogP contribution is 2.31. The number of amidine groups is 1. The van der Waals surface area contributed by atoms with Crippen molar-refractivity contribution in [2.45, 2.75) is 19.5 Å². The number of carbonyl (C=O) groups is 1. The first-order valence-corrected chi connectivity index (χ1v) is 9.50. The summed E-state index contributed by atoms with van der Waals surface area (Å²) in [7, 11) is 0. The molecule has 0 aliphatic rings. The third kappa shape index (κ3) is 5.62. The molecule has 31 heavy (non-hydrogen) atoms. The molecule has 0 aliphatic carbocycles. The molecule has 1 amide bonds. The Morgan fingerprint density at radius 3 is 2.55 bits per heavy atom. The Bertz CT molecular complexity index is 1160. The van der Waals surface area contributed by atoms with Crippen LogP contribution in [0, 0.1) is 12.7 Å². The van der Waals surface area contributed by atoms with E-state index in [9.17, 15) is 22.4 Å². The Morgan fingerprint density at radius 1 is 1.19 bits per heavy atom. The molecule has 1 heterocycles. The highest BCUT2D eigenvalue weighted by molar-refractivity contribution is 6.31. The van der Waals surface area contributed by atoms with Crippen LogP contribution >= 0.6 is 23.2 Å². The van der Waals surface area contributed by atoms with Gasteiger partial charge in [-0.1, -0.05) is 29.3 Å². The van der Waals surface area contributed by atoms with Crippen molar-refractivity contribution in [3.63, 3.8) is 0 Å². The van der Waals surface area contributed by atoms with E-state index in [2.05, 4.69) is 20.5 Å². The molecule has 162 valence electrons. The fourth-order valence-corrected chi connectivity index (χ4v) is 3.01. The van der Waals surface area contributed by atoms with Gasteiger partial charge in [0.15, 0.2) is 5.69 Å². The average molecular weight is 473 g/mol. The largest absolute Gasteiger partial charge is 0.435 e. The van der Waals surface area contributed by atoms with Crippen LogP contribution in [0.3, 0.4) is 0 Å². The van der Waals surface area contributed by atoms with Gasteiger partial charge in [-0.2, -0.15) is 18.3 Å². The van der Waals surface area contributed by atoms with Crippen molar-refractivity contribution >= 4 is 40.6 Å². The van der Waals surface area contributed by atoms with Crippen LogP contribution in [-0.4, -0.2) is 21.9 Å². The predicted molar refractivity (Wildman–Crippen MR) is 109 cm³/mol. The van der Waals surface area contributed by atoms with Crippen molar-refractivity contribution < 1.29 is 22.4 Å². The SMILES string of the molecule is Cc1c(C(F)(F)F)n[nH]c1CC(=Nc1cccc(Cl)c1)NC(=O)c1ccc(Cl)c(F)c1. The van der Waals surface area contributed by atoms with Gasteiger partial charge in [-0.05, 0) is 43.3 Å². The Kier molecular flexibility index (Phi) is 6.66. The number of carbonyl (C=O) groups excluding carboxylic acids is 1. The predicted octanol–water partition coefficient (Wildman–Crippen LogP) is 5.89. The molecule has 0 saturated carbocycles. The fraction of sp³-hybridized carbons (Fsp3) is 0.150. The van der Waals surface area contributed by atoms with E-state index in [1.807, 2.05) is 0 Å². The number of aromatic nitrogens is 2. The maximum Gasteiger partial charge on any atom is 0.435 e. The molecule has 2 aromatic carbocycles. The van der Waals surface area contributed by atoms with Crippen LogP contribution in [0.4, 0.5) is 23.2 Å². The summed E-state index contributed by atoms with van der Waals surface area (Å²) in [5.41, 5.74) is -0.763. The zero-order valence-corrected chi connectivity index (χ0v) is 17.3. The van der Waals surface area contributed by atoms with Crippen molar-refractivity contribution in [1.82, 2.24) is 15.5 Å². The molecule has 1 aromatic heterocycles. The molecule has 0 radical (unpaired) electrons. The molecule has 3 aromatic rings. The smallest absolute Gasteiger partial charge is 0.310 e. The number of hydrogen-bond acceptors (Lipinski definition) is 3. The number of halogens is 6. The minimum atomic E-state index is -4.63. The van der Waals surface area contributed by atoms with Gasteiger partial charge < -0.3 is 5.32 Å². The van der Waals surface area contributed by atoms with Gasteiger partial charge in [-0.3, -0.25) is 9.89 Å². The zero-order chi connectivity index (χ0) is 22.8. The fourth-order valence-electron chi connectivity index (χ4n) is 2.70. The van der Waals surface area contributed by atoms with E-state index < -0.39 is 23.6 Å². The molecule has 0 bridgehead atoms. The second-order valence-corrected chi connectivity index (χ2v) is 7.32. The number of benzene rings is 2. The second-order valence-electron chi connectivity index (χ2n) is 6.47. The lowest BCUT2D eigenvalue weighted by atomic mass is 10.1. The summed E-state index contributed by atoms with van der Waals surface area (Å²) in [4.78, 5) is 16.9. The highest BCUT2D eigenvalue weighted by Gasteiger charge is 2.36. The maximum absolute atomic E-state index is 13.7. The van der Waals surface area contributed by atoms with Gasteiger partial charge in [0.25, 0.3) is 5.91 Å². The number of nitrogens with one attached hydrogen (secondary N) is 2. The molecule has 0 fully saturated rings. The molecule has 11 heteroatoms. The summed E-state index contributed by atoms with van der Waals surface area (Å²) in [6.07, 6.45) is -4.84. The second kappa shape index (κ2) is 9.07. The van der Waals surface area contributed by atoms with E-state index in [1.54, 1.807) is 18.2 Å². The number of nitrogens with zero attached hydrogens (tertiary/aromatic N) is 2. The Balaban J connectivity index is 1.94. The lowest BCUT2D eigenvalue weighted by molar-refractivity contribution is -0.141. The molecule has 5 nitrogen and oxygen atoms in total. The minimum Gasteiger partial charge on any atom is -0.310 e. The Labute approximate surface area is 184 Å². The lowest BCUT2D eigenvalue weighted by Crippen LogP contribution is -2.32. The molecule has 3 rings (SSSR count). The van der Waals surface area contributed by atoms with Gasteiger partial charge in [-0.25, -0.2) is 9.38 Å². The summed E-state index contributed by atoms with van der Waals surface area (Å²) in [5, 5.41) is 8.37. The third-order valence-corrected chi connectivity index (χ3v) is 4.78. The first kappa shape index (κ1) is 22.8. The van der Waals surface area contributed by atoms with E-state index in [4.69, 9.17) is 23.2 Å². The van der Waals surface area contributed by atoms with E-state index in [1.165, 1.54) is 25.1 Å². The van der Waals surface area contributed by atoms with Crippen LogP contribution in [-0.2, 0) is 12.6 Å². The van der Waals surface area contributed by atoms with Crippen molar-refractivity contribution in [2.75, 3.05) is 0 Å². The lowest BCUT2D eigenvalue weighted by Gasteiger charge is -2.10. The zero-order valence-electron chi connectivity index (χ0n) is 15.8. The molecule has 0 spiro atoms. The topological polar surface area (TPSA) is 70.1 Å². The van der Waals surface area contributed by atoms with Gasteiger partial charge in [0, 0.05) is 28.3 Å². The highest BCUT2D eigenvalue weighted by atomic mass is 35.5. The number of amides is 1. The summed E-state index contributed by atoms with van der Waals surface area (Å²) in [6.45, 7) is 1.26. The maximum atomic E-state index is 13.7. The number of aliphatic imine (C=N–C) groups is 1. The number of alkyl halides is 3. The summed E-state index contributed by atoms with van der Waals surface area (Å²) in [5.74, 6) is -1.51. The van der Waals surface area contributed by atoms with E-state index in [0.717, 1.165) is 6.07 Å². The molecule has 0 atom stereocenters. The number of rotatable bonds is 4. The molecule has 0 aliphatic heterocycles. The van der Waals surface area contributed by atoms with E-state index in [-0.39, 0.29) is 34.1 Å². The number of H-pyrrole nitrogens is 1. The molecular formula is C20H14Cl2F4N4O. The van der Waals surface area contributed by atoms with Crippen molar-refractivity contribution in [3.8, 4) is 0 Å². The molecule has 2 N–H and O–H groups in total. The summed E-state index contributed by atoms with van der Waals surface area (Å²) >= 11 is 11.6.